The van der Waals surface area contributed by atoms with Crippen LogP contribution in [0.15, 0.2) is 30.6 Å². The van der Waals surface area contributed by atoms with E-state index < -0.39 is 12.4 Å². The lowest BCUT2D eigenvalue weighted by molar-refractivity contribution is -0.286. The van der Waals surface area contributed by atoms with E-state index in [-0.39, 0.29) is 17.9 Å². The number of rotatable bonds is 3. The van der Waals surface area contributed by atoms with Crippen LogP contribution in [-0.2, 0) is 6.42 Å². The van der Waals surface area contributed by atoms with E-state index in [1.165, 1.54) is 30.6 Å². The normalized spacial score (nSPS) is 16.6. The quantitative estimate of drug-likeness (QED) is 0.912. The van der Waals surface area contributed by atoms with Crippen molar-refractivity contribution >= 4 is 23.2 Å². The van der Waals surface area contributed by atoms with E-state index in [1.807, 2.05) is 0 Å². The number of pyridine rings is 1. The van der Waals surface area contributed by atoms with Crippen molar-refractivity contribution in [3.63, 3.8) is 0 Å². The molecule has 1 N–H and O–H groups in total. The Labute approximate surface area is 134 Å². The minimum atomic E-state index is -3.69. The van der Waals surface area contributed by atoms with Gasteiger partial charge in [-0.3, -0.25) is 4.98 Å². The van der Waals surface area contributed by atoms with Gasteiger partial charge in [-0.2, -0.15) is 0 Å². The lowest BCUT2D eigenvalue weighted by atomic mass is 10.0. The SMILES string of the molecule is OC(Cc1c(Cl)cncc1Cl)c1ccc2c(c1)OC(F)(F)O2. The van der Waals surface area contributed by atoms with Crippen molar-refractivity contribution in [2.75, 3.05) is 0 Å². The highest BCUT2D eigenvalue weighted by Crippen LogP contribution is 2.42. The lowest BCUT2D eigenvalue weighted by Gasteiger charge is -2.13. The minimum Gasteiger partial charge on any atom is -0.395 e. The van der Waals surface area contributed by atoms with Gasteiger partial charge in [0.1, 0.15) is 0 Å². The molecule has 4 nitrogen and oxygen atoms in total. The molecule has 116 valence electrons. The molecule has 0 spiro atoms. The minimum absolute atomic E-state index is 0.0825. The first-order valence-corrected chi connectivity index (χ1v) is 6.97. The third kappa shape index (κ3) is 2.95. The van der Waals surface area contributed by atoms with Gasteiger partial charge < -0.3 is 14.6 Å². The molecule has 0 saturated heterocycles. The second-order valence-corrected chi connectivity index (χ2v) is 5.49. The molecule has 1 atom stereocenters. The Morgan fingerprint density at radius 1 is 1.14 bits per heavy atom. The average molecular weight is 348 g/mol. The number of alkyl halides is 2. The summed E-state index contributed by atoms with van der Waals surface area (Å²) in [5.74, 6) is -0.214. The van der Waals surface area contributed by atoms with E-state index in [0.717, 1.165) is 0 Å². The molecule has 2 heterocycles. The Morgan fingerprint density at radius 3 is 2.45 bits per heavy atom. The smallest absolute Gasteiger partial charge is 0.395 e. The van der Waals surface area contributed by atoms with Gasteiger partial charge in [0.2, 0.25) is 0 Å². The molecule has 1 aromatic heterocycles. The van der Waals surface area contributed by atoms with Crippen LogP contribution >= 0.6 is 23.2 Å². The van der Waals surface area contributed by atoms with Gasteiger partial charge in [-0.1, -0.05) is 29.3 Å². The molecular formula is C14H9Cl2F2NO3. The van der Waals surface area contributed by atoms with Crippen LogP contribution in [0.25, 0.3) is 0 Å². The standard InChI is InChI=1S/C14H9Cl2F2NO3/c15-9-5-19-6-10(16)8(9)4-11(20)7-1-2-12-13(3-7)22-14(17,18)21-12/h1-3,5-6,11,20H,4H2. The average Bonchev–Trinajstić information content (AvgIpc) is 2.75. The Hall–Kier alpha value is -1.63. The maximum absolute atomic E-state index is 13.0. The number of aliphatic hydroxyl groups excluding tert-OH is 1. The highest BCUT2D eigenvalue weighted by Gasteiger charge is 2.43. The summed E-state index contributed by atoms with van der Waals surface area (Å²) < 4.78 is 34.6. The van der Waals surface area contributed by atoms with E-state index in [9.17, 15) is 13.9 Å². The number of hydrogen-bond acceptors (Lipinski definition) is 4. The first-order chi connectivity index (χ1) is 10.4. The molecule has 2 aromatic rings. The molecule has 22 heavy (non-hydrogen) atoms. The highest BCUT2D eigenvalue weighted by atomic mass is 35.5. The number of halogens is 4. The molecule has 0 amide bonds. The van der Waals surface area contributed by atoms with Gasteiger partial charge in [-0.25, -0.2) is 0 Å². The molecule has 0 fully saturated rings. The van der Waals surface area contributed by atoms with E-state index in [1.54, 1.807) is 0 Å². The maximum atomic E-state index is 13.0. The molecule has 0 radical (unpaired) electrons. The first-order valence-electron chi connectivity index (χ1n) is 6.21. The number of ether oxygens (including phenoxy) is 2. The topological polar surface area (TPSA) is 51.6 Å². The van der Waals surface area contributed by atoms with Gasteiger partial charge in [-0.15, -0.1) is 8.78 Å². The van der Waals surface area contributed by atoms with Gasteiger partial charge in [0.05, 0.1) is 16.1 Å². The molecule has 0 saturated carbocycles. The Morgan fingerprint density at radius 2 is 1.77 bits per heavy atom. The predicted octanol–water partition coefficient (Wildman–Crippen LogP) is 3.99. The second kappa shape index (κ2) is 5.53. The molecule has 1 aliphatic rings. The summed E-state index contributed by atoms with van der Waals surface area (Å²) >= 11 is 12.0. The Balaban J connectivity index is 1.84. The van der Waals surface area contributed by atoms with E-state index in [0.29, 0.717) is 21.2 Å². The van der Waals surface area contributed by atoms with Crippen molar-refractivity contribution < 1.29 is 23.4 Å². The number of aromatic nitrogens is 1. The molecule has 1 aliphatic heterocycles. The van der Waals surface area contributed by atoms with Crippen LogP contribution in [0.5, 0.6) is 11.5 Å². The summed E-state index contributed by atoms with van der Waals surface area (Å²) in [6.07, 6.45) is -1.76. The molecule has 3 rings (SSSR count). The van der Waals surface area contributed by atoms with E-state index in [2.05, 4.69) is 14.5 Å². The van der Waals surface area contributed by atoms with Crippen molar-refractivity contribution in [2.45, 2.75) is 18.8 Å². The fourth-order valence-corrected chi connectivity index (χ4v) is 2.64. The fourth-order valence-electron chi connectivity index (χ4n) is 2.12. The van der Waals surface area contributed by atoms with Crippen molar-refractivity contribution in [2.24, 2.45) is 0 Å². The number of aliphatic hydroxyl groups is 1. The third-order valence-corrected chi connectivity index (χ3v) is 3.81. The number of benzene rings is 1. The Kier molecular flexibility index (Phi) is 3.84. The number of fused-ring (bicyclic) bond motifs is 1. The highest BCUT2D eigenvalue weighted by molar-refractivity contribution is 6.35. The molecule has 0 aliphatic carbocycles. The van der Waals surface area contributed by atoms with Crippen LogP contribution in [0.4, 0.5) is 8.78 Å². The molecular weight excluding hydrogens is 339 g/mol. The fraction of sp³-hybridized carbons (Fsp3) is 0.214. The monoisotopic (exact) mass is 347 g/mol. The van der Waals surface area contributed by atoms with Crippen LogP contribution in [-0.4, -0.2) is 16.4 Å². The van der Waals surface area contributed by atoms with E-state index >= 15 is 0 Å². The van der Waals surface area contributed by atoms with Crippen LogP contribution in [0.1, 0.15) is 17.2 Å². The van der Waals surface area contributed by atoms with Gasteiger partial charge >= 0.3 is 6.29 Å². The van der Waals surface area contributed by atoms with Crippen LogP contribution in [0.3, 0.4) is 0 Å². The van der Waals surface area contributed by atoms with Gasteiger partial charge in [0.15, 0.2) is 11.5 Å². The van der Waals surface area contributed by atoms with Gasteiger partial charge in [0.25, 0.3) is 0 Å². The number of hydrogen-bond donors (Lipinski definition) is 1. The van der Waals surface area contributed by atoms with Crippen molar-refractivity contribution in [1.82, 2.24) is 4.98 Å². The summed E-state index contributed by atoms with van der Waals surface area (Å²) in [7, 11) is 0. The molecule has 1 unspecified atom stereocenters. The zero-order chi connectivity index (χ0) is 15.9. The second-order valence-electron chi connectivity index (χ2n) is 4.68. The van der Waals surface area contributed by atoms with E-state index in [4.69, 9.17) is 23.2 Å². The maximum Gasteiger partial charge on any atom is 0.586 e. The largest absolute Gasteiger partial charge is 0.586 e. The van der Waals surface area contributed by atoms with Crippen molar-refractivity contribution in [1.29, 1.82) is 0 Å². The zero-order valence-corrected chi connectivity index (χ0v) is 12.4. The van der Waals surface area contributed by atoms with Crippen LogP contribution < -0.4 is 9.47 Å². The third-order valence-electron chi connectivity index (χ3n) is 3.16. The van der Waals surface area contributed by atoms with Gasteiger partial charge in [-0.05, 0) is 23.3 Å². The zero-order valence-electron chi connectivity index (χ0n) is 10.9. The number of nitrogens with zero attached hydrogens (tertiary/aromatic N) is 1. The van der Waals surface area contributed by atoms with Crippen LogP contribution in [0.2, 0.25) is 10.0 Å². The summed E-state index contributed by atoms with van der Waals surface area (Å²) in [5, 5.41) is 10.9. The molecule has 0 bridgehead atoms. The summed E-state index contributed by atoms with van der Waals surface area (Å²) in [6, 6.07) is 4.08. The summed E-state index contributed by atoms with van der Waals surface area (Å²) in [5.41, 5.74) is 0.901. The summed E-state index contributed by atoms with van der Waals surface area (Å²) in [4.78, 5) is 3.82. The van der Waals surface area contributed by atoms with Gasteiger partial charge in [0, 0.05) is 18.8 Å². The van der Waals surface area contributed by atoms with Crippen molar-refractivity contribution in [3.05, 3.63) is 51.8 Å². The summed E-state index contributed by atoms with van der Waals surface area (Å²) in [6.45, 7) is 0. The molecule has 1 aromatic carbocycles. The lowest BCUT2D eigenvalue weighted by Crippen LogP contribution is -2.25. The van der Waals surface area contributed by atoms with Crippen molar-refractivity contribution in [3.8, 4) is 11.5 Å². The predicted molar refractivity (Wildman–Crippen MR) is 75.6 cm³/mol. The first kappa shape index (κ1) is 15.3. The Bertz CT molecular complexity index is 707. The molecule has 8 heteroatoms. The van der Waals surface area contributed by atoms with Crippen LogP contribution in [0, 0.1) is 0 Å².